The van der Waals surface area contributed by atoms with Gasteiger partial charge in [0, 0.05) is 50.2 Å². The number of guanidine groups is 1. The summed E-state index contributed by atoms with van der Waals surface area (Å²) in [5, 5.41) is 11.8. The third-order valence-corrected chi connectivity index (χ3v) is 6.24. The molecule has 1 aliphatic rings. The Labute approximate surface area is 188 Å². The van der Waals surface area contributed by atoms with Gasteiger partial charge in [-0.3, -0.25) is 14.7 Å². The van der Waals surface area contributed by atoms with Crippen LogP contribution in [-0.2, 0) is 4.74 Å². The van der Waals surface area contributed by atoms with Crippen molar-refractivity contribution in [1.29, 1.82) is 0 Å². The van der Waals surface area contributed by atoms with Gasteiger partial charge in [-0.2, -0.15) is 0 Å². The van der Waals surface area contributed by atoms with Crippen LogP contribution in [0.5, 0.6) is 0 Å². The highest BCUT2D eigenvalue weighted by Crippen LogP contribution is 2.26. The minimum atomic E-state index is -0.177. The lowest BCUT2D eigenvalue weighted by molar-refractivity contribution is -0.0334. The molecule has 0 spiro atoms. The van der Waals surface area contributed by atoms with E-state index in [0.717, 1.165) is 44.2 Å². The van der Waals surface area contributed by atoms with E-state index in [9.17, 15) is 4.79 Å². The van der Waals surface area contributed by atoms with E-state index in [1.54, 1.807) is 24.5 Å². The lowest BCUT2D eigenvalue weighted by Crippen LogP contribution is -2.48. The van der Waals surface area contributed by atoms with Crippen molar-refractivity contribution < 1.29 is 13.9 Å². The molecule has 3 N–H and O–H groups in total. The van der Waals surface area contributed by atoms with Crippen molar-refractivity contribution in [3.8, 4) is 0 Å². The van der Waals surface area contributed by atoms with Crippen LogP contribution in [0.25, 0.3) is 0 Å². The first-order valence-electron chi connectivity index (χ1n) is 10.7. The SMILES string of the molecule is CN=C(NCCCNC(=O)c1occc1C)NCC(c1cccs1)N1CCOC(C)C1. The highest BCUT2D eigenvalue weighted by molar-refractivity contribution is 7.10. The Morgan fingerprint density at radius 1 is 1.32 bits per heavy atom. The molecular weight excluding hydrogens is 414 g/mol. The third-order valence-electron chi connectivity index (χ3n) is 5.27. The molecular formula is C22H33N5O3S. The molecule has 3 heterocycles. The number of amides is 1. The molecule has 2 aromatic rings. The van der Waals surface area contributed by atoms with Crippen molar-refractivity contribution in [2.75, 3.05) is 46.4 Å². The maximum absolute atomic E-state index is 12.1. The van der Waals surface area contributed by atoms with Gasteiger partial charge < -0.3 is 25.1 Å². The number of hydrogen-bond donors (Lipinski definition) is 3. The minimum Gasteiger partial charge on any atom is -0.459 e. The van der Waals surface area contributed by atoms with Crippen molar-refractivity contribution in [3.05, 3.63) is 46.0 Å². The fourth-order valence-electron chi connectivity index (χ4n) is 3.62. The van der Waals surface area contributed by atoms with Crippen LogP contribution in [0.1, 0.15) is 40.4 Å². The zero-order chi connectivity index (χ0) is 22.1. The fraction of sp³-hybridized carbons (Fsp3) is 0.545. The number of ether oxygens (including phenoxy) is 1. The Bertz CT molecular complexity index is 836. The number of rotatable bonds is 9. The molecule has 2 unspecified atom stereocenters. The molecule has 0 bridgehead atoms. The summed E-state index contributed by atoms with van der Waals surface area (Å²) in [5.74, 6) is 0.960. The molecule has 9 heteroatoms. The van der Waals surface area contributed by atoms with Crippen molar-refractivity contribution >= 4 is 23.2 Å². The molecule has 0 aromatic carbocycles. The van der Waals surface area contributed by atoms with E-state index < -0.39 is 0 Å². The molecule has 2 atom stereocenters. The van der Waals surface area contributed by atoms with Gasteiger partial charge in [-0.1, -0.05) is 6.07 Å². The summed E-state index contributed by atoms with van der Waals surface area (Å²) in [6, 6.07) is 6.35. The average molecular weight is 448 g/mol. The zero-order valence-electron chi connectivity index (χ0n) is 18.5. The molecule has 0 aliphatic carbocycles. The predicted molar refractivity (Wildman–Crippen MR) is 124 cm³/mol. The molecule has 2 aromatic heterocycles. The van der Waals surface area contributed by atoms with Crippen LogP contribution in [-0.4, -0.2) is 69.2 Å². The molecule has 3 rings (SSSR count). The van der Waals surface area contributed by atoms with Gasteiger partial charge >= 0.3 is 0 Å². The van der Waals surface area contributed by atoms with Crippen LogP contribution in [0.15, 0.2) is 39.3 Å². The largest absolute Gasteiger partial charge is 0.459 e. The van der Waals surface area contributed by atoms with E-state index in [1.165, 1.54) is 11.1 Å². The summed E-state index contributed by atoms with van der Waals surface area (Å²) in [6.45, 7) is 8.62. The van der Waals surface area contributed by atoms with Gasteiger partial charge in [-0.15, -0.1) is 11.3 Å². The van der Waals surface area contributed by atoms with Crippen molar-refractivity contribution in [2.24, 2.45) is 4.99 Å². The van der Waals surface area contributed by atoms with Gasteiger partial charge in [0.1, 0.15) is 0 Å². The second-order valence-electron chi connectivity index (χ2n) is 7.63. The first-order chi connectivity index (χ1) is 15.1. The quantitative estimate of drug-likeness (QED) is 0.311. The predicted octanol–water partition coefficient (Wildman–Crippen LogP) is 2.40. The molecule has 8 nitrogen and oxygen atoms in total. The number of nitrogens with one attached hydrogen (secondary N) is 3. The van der Waals surface area contributed by atoms with Gasteiger partial charge in [-0.05, 0) is 37.8 Å². The standard InChI is InChI=1S/C22H33N5O3S/c1-16-7-11-30-20(16)21(28)24-8-5-9-25-22(23-3)26-14-18(19-6-4-13-31-19)27-10-12-29-17(2)15-27/h4,6-7,11,13,17-18H,5,8-10,12,14-15H2,1-3H3,(H,24,28)(H2,23,25,26). The first kappa shape index (κ1) is 23.3. The average Bonchev–Trinajstić information content (AvgIpc) is 3.44. The number of aliphatic imine (C=N–C) groups is 1. The fourth-order valence-corrected chi connectivity index (χ4v) is 4.48. The van der Waals surface area contributed by atoms with E-state index >= 15 is 0 Å². The number of nitrogens with zero attached hydrogens (tertiary/aromatic N) is 2. The summed E-state index contributed by atoms with van der Waals surface area (Å²) in [7, 11) is 1.77. The Balaban J connectivity index is 1.42. The lowest BCUT2D eigenvalue weighted by atomic mass is 10.1. The van der Waals surface area contributed by atoms with E-state index in [4.69, 9.17) is 9.15 Å². The minimum absolute atomic E-state index is 0.177. The summed E-state index contributed by atoms with van der Waals surface area (Å²) in [5.41, 5.74) is 0.843. The number of carbonyl (C=O) groups excluding carboxylic acids is 1. The topological polar surface area (TPSA) is 91.1 Å². The zero-order valence-corrected chi connectivity index (χ0v) is 19.3. The van der Waals surface area contributed by atoms with Crippen LogP contribution in [0.3, 0.4) is 0 Å². The number of aryl methyl sites for hydroxylation is 1. The van der Waals surface area contributed by atoms with Crippen molar-refractivity contribution in [3.63, 3.8) is 0 Å². The van der Waals surface area contributed by atoms with E-state index in [0.29, 0.717) is 18.8 Å². The second kappa shape index (κ2) is 11.9. The third kappa shape index (κ3) is 6.81. The molecule has 0 saturated carbocycles. The van der Waals surface area contributed by atoms with E-state index in [1.807, 2.05) is 6.92 Å². The number of hydrogen-bond acceptors (Lipinski definition) is 6. The van der Waals surface area contributed by atoms with E-state index in [-0.39, 0.29) is 18.1 Å². The summed E-state index contributed by atoms with van der Waals surface area (Å²) >= 11 is 1.78. The molecule has 1 aliphatic heterocycles. The molecule has 1 amide bonds. The first-order valence-corrected chi connectivity index (χ1v) is 11.6. The normalized spacial score (nSPS) is 18.5. The smallest absolute Gasteiger partial charge is 0.287 e. The molecule has 170 valence electrons. The Morgan fingerprint density at radius 2 is 2.16 bits per heavy atom. The summed E-state index contributed by atoms with van der Waals surface area (Å²) in [6.07, 6.45) is 2.55. The number of thiophene rings is 1. The second-order valence-corrected chi connectivity index (χ2v) is 8.61. The highest BCUT2D eigenvalue weighted by atomic mass is 32.1. The maximum Gasteiger partial charge on any atom is 0.287 e. The van der Waals surface area contributed by atoms with Crippen molar-refractivity contribution in [2.45, 2.75) is 32.4 Å². The maximum atomic E-state index is 12.1. The molecule has 0 radical (unpaired) electrons. The van der Waals surface area contributed by atoms with Crippen LogP contribution in [0, 0.1) is 6.92 Å². The van der Waals surface area contributed by atoms with Gasteiger partial charge in [0.2, 0.25) is 0 Å². The number of furan rings is 1. The van der Waals surface area contributed by atoms with Crippen LogP contribution < -0.4 is 16.0 Å². The molecule has 1 fully saturated rings. The summed E-state index contributed by atoms with van der Waals surface area (Å²) in [4.78, 5) is 20.2. The van der Waals surface area contributed by atoms with E-state index in [2.05, 4.69) is 50.3 Å². The summed E-state index contributed by atoms with van der Waals surface area (Å²) < 4.78 is 10.9. The van der Waals surface area contributed by atoms with Gasteiger partial charge in [-0.25, -0.2) is 0 Å². The van der Waals surface area contributed by atoms with Crippen LogP contribution >= 0.6 is 11.3 Å². The van der Waals surface area contributed by atoms with Gasteiger partial charge in [0.15, 0.2) is 11.7 Å². The van der Waals surface area contributed by atoms with Crippen LogP contribution in [0.2, 0.25) is 0 Å². The Kier molecular flexibility index (Phi) is 8.93. The number of morpholine rings is 1. The Hall–Kier alpha value is -2.36. The van der Waals surface area contributed by atoms with Gasteiger partial charge in [0.25, 0.3) is 5.91 Å². The Morgan fingerprint density at radius 3 is 2.84 bits per heavy atom. The van der Waals surface area contributed by atoms with Crippen LogP contribution in [0.4, 0.5) is 0 Å². The lowest BCUT2D eigenvalue weighted by Gasteiger charge is -2.37. The van der Waals surface area contributed by atoms with Gasteiger partial charge in [0.05, 0.1) is 25.0 Å². The molecule has 31 heavy (non-hydrogen) atoms. The van der Waals surface area contributed by atoms with Crippen molar-refractivity contribution in [1.82, 2.24) is 20.9 Å². The number of carbonyl (C=O) groups is 1. The monoisotopic (exact) mass is 447 g/mol. The molecule has 1 saturated heterocycles. The highest BCUT2D eigenvalue weighted by Gasteiger charge is 2.26.